The lowest BCUT2D eigenvalue weighted by atomic mass is 10.3. The summed E-state index contributed by atoms with van der Waals surface area (Å²) in [6.45, 7) is 1.84. The van der Waals surface area contributed by atoms with Gasteiger partial charge in [0.1, 0.15) is 11.9 Å². The molecule has 0 radical (unpaired) electrons. The molecule has 1 aliphatic rings. The maximum atomic E-state index is 12.0. The molecule has 0 saturated carbocycles. The number of morpholine rings is 1. The van der Waals surface area contributed by atoms with Crippen LogP contribution in [0.4, 0.5) is 5.69 Å². The predicted molar refractivity (Wildman–Crippen MR) is 96.5 cm³/mol. The minimum Gasteiger partial charge on any atom is -0.439 e. The fraction of sp³-hybridized carbons (Fsp3) is 0.250. The first-order chi connectivity index (χ1) is 10.8. The van der Waals surface area contributed by atoms with Gasteiger partial charge in [-0.2, -0.15) is 0 Å². The molecule has 0 spiro atoms. The summed E-state index contributed by atoms with van der Waals surface area (Å²) in [5.41, 5.74) is 0.611. The number of halogens is 2. The molecule has 1 amide bonds. The van der Waals surface area contributed by atoms with Gasteiger partial charge in [0, 0.05) is 19.2 Å². The van der Waals surface area contributed by atoms with E-state index in [1.165, 1.54) is 0 Å². The van der Waals surface area contributed by atoms with Crippen LogP contribution in [0.3, 0.4) is 0 Å². The van der Waals surface area contributed by atoms with Gasteiger partial charge in [0.05, 0.1) is 18.5 Å². The Kier molecular flexibility index (Phi) is 8.49. The molecule has 24 heavy (non-hydrogen) atoms. The average Bonchev–Trinajstić information content (AvgIpc) is 2.58. The van der Waals surface area contributed by atoms with E-state index >= 15 is 0 Å². The number of hydrogen-bond donors (Lipinski definition) is 2. The highest BCUT2D eigenvalue weighted by Gasteiger charge is 2.21. The lowest BCUT2D eigenvalue weighted by Crippen LogP contribution is -2.45. The first-order valence-electron chi connectivity index (χ1n) is 7.13. The van der Waals surface area contributed by atoms with Crippen molar-refractivity contribution in [3.8, 4) is 11.6 Å². The molecule has 0 aliphatic carbocycles. The van der Waals surface area contributed by atoms with Crippen LogP contribution in [0, 0.1) is 0 Å². The summed E-state index contributed by atoms with van der Waals surface area (Å²) in [4.78, 5) is 16.2. The minimum absolute atomic E-state index is 0. The number of ether oxygens (including phenoxy) is 2. The lowest BCUT2D eigenvalue weighted by molar-refractivity contribution is -0.128. The van der Waals surface area contributed by atoms with Gasteiger partial charge in [0.2, 0.25) is 5.88 Å². The summed E-state index contributed by atoms with van der Waals surface area (Å²) in [5.74, 6) is 1.01. The molecule has 1 aromatic carbocycles. The van der Waals surface area contributed by atoms with Gasteiger partial charge in [-0.05, 0) is 18.2 Å². The fourth-order valence-corrected chi connectivity index (χ4v) is 2.08. The number of nitrogens with zero attached hydrogens (tertiary/aromatic N) is 1. The Morgan fingerprint density at radius 2 is 2.00 bits per heavy atom. The van der Waals surface area contributed by atoms with E-state index in [1.54, 1.807) is 18.3 Å². The molecule has 1 atom stereocenters. The second kappa shape index (κ2) is 10.1. The number of rotatable bonds is 4. The second-order valence-electron chi connectivity index (χ2n) is 4.85. The number of hydrogen-bond acceptors (Lipinski definition) is 5. The maximum absolute atomic E-state index is 12.0. The summed E-state index contributed by atoms with van der Waals surface area (Å²) in [7, 11) is 0. The molecule has 2 aromatic rings. The van der Waals surface area contributed by atoms with Crippen molar-refractivity contribution in [2.45, 2.75) is 6.10 Å². The third kappa shape index (κ3) is 5.65. The zero-order valence-corrected chi connectivity index (χ0v) is 14.4. The van der Waals surface area contributed by atoms with Crippen LogP contribution in [-0.4, -0.2) is 36.7 Å². The first-order valence-corrected chi connectivity index (χ1v) is 7.13. The molecule has 1 fully saturated rings. The summed E-state index contributed by atoms with van der Waals surface area (Å²) >= 11 is 0. The summed E-state index contributed by atoms with van der Waals surface area (Å²) in [6, 6.07) is 12.9. The molecule has 2 N–H and O–H groups in total. The van der Waals surface area contributed by atoms with Crippen molar-refractivity contribution in [2.24, 2.45) is 0 Å². The van der Waals surface area contributed by atoms with E-state index in [0.29, 0.717) is 30.5 Å². The van der Waals surface area contributed by atoms with Crippen molar-refractivity contribution in [3.05, 3.63) is 48.7 Å². The van der Waals surface area contributed by atoms with Gasteiger partial charge in [-0.3, -0.25) is 4.79 Å². The number of amides is 1. The minimum atomic E-state index is -0.464. The molecule has 8 heteroatoms. The van der Waals surface area contributed by atoms with Crippen LogP contribution in [0.1, 0.15) is 0 Å². The van der Waals surface area contributed by atoms with E-state index < -0.39 is 6.10 Å². The smallest absolute Gasteiger partial charge is 0.254 e. The normalized spacial score (nSPS) is 16.2. The van der Waals surface area contributed by atoms with Crippen molar-refractivity contribution < 1.29 is 14.3 Å². The number of nitrogens with one attached hydrogen (secondary N) is 2. The van der Waals surface area contributed by atoms with Crippen LogP contribution in [0.5, 0.6) is 11.6 Å². The molecule has 130 valence electrons. The Labute approximate surface area is 152 Å². The van der Waals surface area contributed by atoms with Crippen LogP contribution in [0.25, 0.3) is 0 Å². The van der Waals surface area contributed by atoms with E-state index in [2.05, 4.69) is 15.6 Å². The van der Waals surface area contributed by atoms with Crippen LogP contribution in [0.2, 0.25) is 0 Å². The Morgan fingerprint density at radius 3 is 2.62 bits per heavy atom. The van der Waals surface area contributed by atoms with E-state index in [-0.39, 0.29) is 30.7 Å². The van der Waals surface area contributed by atoms with Gasteiger partial charge in [0.25, 0.3) is 5.91 Å². The van der Waals surface area contributed by atoms with Crippen molar-refractivity contribution >= 4 is 36.4 Å². The highest BCUT2D eigenvalue weighted by atomic mass is 35.5. The Bertz CT molecular complexity index is 620. The van der Waals surface area contributed by atoms with E-state index in [1.807, 2.05) is 30.3 Å². The highest BCUT2D eigenvalue weighted by molar-refractivity contribution is 5.94. The monoisotopic (exact) mass is 371 g/mol. The third-order valence-electron chi connectivity index (χ3n) is 3.19. The number of anilines is 1. The van der Waals surface area contributed by atoms with Crippen LogP contribution >= 0.6 is 24.8 Å². The quantitative estimate of drug-likeness (QED) is 0.864. The van der Waals surface area contributed by atoms with Gasteiger partial charge in [-0.1, -0.05) is 18.2 Å². The molecule has 1 saturated heterocycles. The number of aromatic nitrogens is 1. The first kappa shape index (κ1) is 20.2. The van der Waals surface area contributed by atoms with Crippen LogP contribution < -0.4 is 15.4 Å². The number of carbonyl (C=O) groups excluding carboxylic acids is 1. The Morgan fingerprint density at radius 1 is 1.21 bits per heavy atom. The lowest BCUT2D eigenvalue weighted by Gasteiger charge is -2.22. The maximum Gasteiger partial charge on any atom is 0.254 e. The van der Waals surface area contributed by atoms with Gasteiger partial charge in [-0.15, -0.1) is 24.8 Å². The third-order valence-corrected chi connectivity index (χ3v) is 3.19. The second-order valence-corrected chi connectivity index (χ2v) is 4.85. The molecule has 6 nitrogen and oxygen atoms in total. The van der Waals surface area contributed by atoms with Crippen LogP contribution in [0.15, 0.2) is 48.7 Å². The van der Waals surface area contributed by atoms with E-state index in [9.17, 15) is 4.79 Å². The summed E-state index contributed by atoms with van der Waals surface area (Å²) in [6.07, 6.45) is 1.10. The molecular formula is C16H19Cl2N3O3. The van der Waals surface area contributed by atoms with Gasteiger partial charge in [-0.25, -0.2) is 4.98 Å². The van der Waals surface area contributed by atoms with Gasteiger partial charge >= 0.3 is 0 Å². The summed E-state index contributed by atoms with van der Waals surface area (Å²) in [5, 5.41) is 5.90. The number of carbonyl (C=O) groups is 1. The van der Waals surface area contributed by atoms with Crippen molar-refractivity contribution in [1.29, 1.82) is 0 Å². The molecule has 1 unspecified atom stereocenters. The van der Waals surface area contributed by atoms with E-state index in [0.717, 1.165) is 6.54 Å². The van der Waals surface area contributed by atoms with Gasteiger partial charge in [0.15, 0.2) is 0 Å². The topological polar surface area (TPSA) is 72.5 Å². The molecule has 3 rings (SSSR count). The highest BCUT2D eigenvalue weighted by Crippen LogP contribution is 2.19. The zero-order chi connectivity index (χ0) is 15.2. The summed E-state index contributed by atoms with van der Waals surface area (Å²) < 4.78 is 11.0. The molecule has 1 aromatic heterocycles. The number of benzene rings is 1. The predicted octanol–water partition coefficient (Wildman–Crippen LogP) is 2.64. The fourth-order valence-electron chi connectivity index (χ4n) is 2.08. The van der Waals surface area contributed by atoms with Crippen LogP contribution in [-0.2, 0) is 9.53 Å². The largest absolute Gasteiger partial charge is 0.439 e. The Hall–Kier alpha value is -1.86. The molecule has 1 aliphatic heterocycles. The molecular weight excluding hydrogens is 353 g/mol. The molecule has 0 bridgehead atoms. The van der Waals surface area contributed by atoms with Crippen molar-refractivity contribution in [3.63, 3.8) is 0 Å². The Balaban J connectivity index is 0.00000144. The average molecular weight is 372 g/mol. The SMILES string of the molecule is Cl.Cl.O=C(Nc1ccc(Oc2ccccc2)nc1)C1CNCCO1. The van der Waals surface area contributed by atoms with Crippen molar-refractivity contribution in [2.75, 3.05) is 25.0 Å². The van der Waals surface area contributed by atoms with Gasteiger partial charge < -0.3 is 20.1 Å². The number of para-hydroxylation sites is 1. The van der Waals surface area contributed by atoms with E-state index in [4.69, 9.17) is 9.47 Å². The standard InChI is InChI=1S/C16H17N3O3.2ClH/c20-16(14-11-17-8-9-21-14)19-12-6-7-15(18-10-12)22-13-4-2-1-3-5-13;;/h1-7,10,14,17H,8-9,11H2,(H,19,20);2*1H. The number of pyridine rings is 1. The molecule has 2 heterocycles. The zero-order valence-electron chi connectivity index (χ0n) is 12.8. The van der Waals surface area contributed by atoms with Crippen molar-refractivity contribution in [1.82, 2.24) is 10.3 Å².